The molecule has 1 aliphatic rings. The van der Waals surface area contributed by atoms with E-state index in [4.69, 9.17) is 18.0 Å². The monoisotopic (exact) mass is 304 g/mol. The van der Waals surface area contributed by atoms with Crippen LogP contribution in [-0.2, 0) is 11.2 Å². The molecule has 21 heavy (non-hydrogen) atoms. The van der Waals surface area contributed by atoms with E-state index in [9.17, 15) is 4.79 Å². The van der Waals surface area contributed by atoms with Crippen molar-refractivity contribution in [2.75, 3.05) is 13.1 Å². The number of piperidine rings is 1. The Morgan fingerprint density at radius 2 is 1.90 bits per heavy atom. The summed E-state index contributed by atoms with van der Waals surface area (Å²) in [6.07, 6.45) is 5.31. The lowest BCUT2D eigenvalue weighted by molar-refractivity contribution is -0.131. The summed E-state index contributed by atoms with van der Waals surface area (Å²) in [6, 6.07) is 7.66. The van der Waals surface area contributed by atoms with Crippen molar-refractivity contribution in [2.24, 2.45) is 11.7 Å². The van der Waals surface area contributed by atoms with Gasteiger partial charge in [-0.15, -0.1) is 0 Å². The number of nitrogens with two attached hydrogens (primary N) is 1. The fourth-order valence-electron chi connectivity index (χ4n) is 2.95. The number of likely N-dealkylation sites (tertiary alicyclic amines) is 1. The summed E-state index contributed by atoms with van der Waals surface area (Å²) in [5.41, 5.74) is 7.45. The number of hydrogen-bond acceptors (Lipinski definition) is 2. The van der Waals surface area contributed by atoms with Crippen LogP contribution in [0, 0.1) is 5.92 Å². The van der Waals surface area contributed by atoms with Crippen LogP contribution in [0.1, 0.15) is 43.7 Å². The van der Waals surface area contributed by atoms with Gasteiger partial charge in [-0.1, -0.05) is 56.2 Å². The van der Waals surface area contributed by atoms with Crippen molar-refractivity contribution < 1.29 is 4.79 Å². The van der Waals surface area contributed by atoms with Crippen molar-refractivity contribution in [3.8, 4) is 0 Å². The van der Waals surface area contributed by atoms with Gasteiger partial charge in [0.15, 0.2) is 0 Å². The summed E-state index contributed by atoms with van der Waals surface area (Å²) in [6.45, 7) is 4.05. The van der Waals surface area contributed by atoms with E-state index in [1.54, 1.807) is 0 Å². The van der Waals surface area contributed by atoms with Gasteiger partial charge in [0, 0.05) is 18.7 Å². The highest BCUT2D eigenvalue weighted by molar-refractivity contribution is 7.80. The van der Waals surface area contributed by atoms with E-state index in [1.807, 2.05) is 29.2 Å². The second-order valence-electron chi connectivity index (χ2n) is 5.85. The Morgan fingerprint density at radius 1 is 1.29 bits per heavy atom. The number of nitrogens with zero attached hydrogens (tertiary/aromatic N) is 1. The highest BCUT2D eigenvalue weighted by Crippen LogP contribution is 2.22. The number of carbonyl (C=O) groups excluding carboxylic acids is 1. The fraction of sp³-hybridized carbons (Fsp3) is 0.529. The van der Waals surface area contributed by atoms with Crippen molar-refractivity contribution in [3.63, 3.8) is 0 Å². The molecule has 2 N–H and O–H groups in total. The number of amides is 1. The number of rotatable bonds is 5. The maximum atomic E-state index is 12.3. The van der Waals surface area contributed by atoms with Crippen molar-refractivity contribution in [3.05, 3.63) is 35.4 Å². The number of hydrogen-bond donors (Lipinski definition) is 1. The molecule has 0 radical (unpaired) electrons. The van der Waals surface area contributed by atoms with Crippen LogP contribution in [0.15, 0.2) is 24.3 Å². The lowest BCUT2D eigenvalue weighted by Gasteiger charge is -2.32. The first kappa shape index (κ1) is 16.0. The third-order valence-electron chi connectivity index (χ3n) is 4.26. The summed E-state index contributed by atoms with van der Waals surface area (Å²) < 4.78 is 0. The molecule has 1 aliphatic heterocycles. The fourth-order valence-corrected chi connectivity index (χ4v) is 3.09. The summed E-state index contributed by atoms with van der Waals surface area (Å²) in [4.78, 5) is 14.7. The van der Waals surface area contributed by atoms with E-state index in [0.29, 0.717) is 11.4 Å². The molecule has 0 spiro atoms. The first-order valence-corrected chi connectivity index (χ1v) is 8.17. The highest BCUT2D eigenvalue weighted by atomic mass is 32.1. The molecule has 3 nitrogen and oxygen atoms in total. The van der Waals surface area contributed by atoms with Crippen molar-refractivity contribution >= 4 is 23.1 Å². The molecule has 1 aromatic rings. The summed E-state index contributed by atoms with van der Waals surface area (Å²) >= 11 is 4.93. The van der Waals surface area contributed by atoms with Crippen molar-refractivity contribution in [1.29, 1.82) is 0 Å². The summed E-state index contributed by atoms with van der Waals surface area (Å²) in [7, 11) is 0. The van der Waals surface area contributed by atoms with Gasteiger partial charge in [0.2, 0.25) is 5.91 Å². The third-order valence-corrected chi connectivity index (χ3v) is 4.49. The molecule has 1 fully saturated rings. The van der Waals surface area contributed by atoms with Gasteiger partial charge in [0.1, 0.15) is 4.99 Å². The Hall–Kier alpha value is -1.42. The van der Waals surface area contributed by atoms with Crippen LogP contribution in [0.2, 0.25) is 0 Å². The van der Waals surface area contributed by atoms with E-state index >= 15 is 0 Å². The molecule has 0 atom stereocenters. The van der Waals surface area contributed by atoms with Crippen LogP contribution in [0.4, 0.5) is 0 Å². The first-order valence-electron chi connectivity index (χ1n) is 7.76. The number of carbonyl (C=O) groups is 1. The van der Waals surface area contributed by atoms with Gasteiger partial charge in [-0.05, 0) is 24.3 Å². The highest BCUT2D eigenvalue weighted by Gasteiger charge is 2.22. The van der Waals surface area contributed by atoms with Crippen LogP contribution in [0.3, 0.4) is 0 Å². The average molecular weight is 304 g/mol. The molecule has 0 saturated carbocycles. The Morgan fingerprint density at radius 3 is 2.43 bits per heavy atom. The van der Waals surface area contributed by atoms with E-state index < -0.39 is 0 Å². The Labute approximate surface area is 132 Å². The van der Waals surface area contributed by atoms with Gasteiger partial charge in [-0.2, -0.15) is 0 Å². The Balaban J connectivity index is 1.86. The number of thiocarbonyl (C=S) groups is 1. The van der Waals surface area contributed by atoms with Crippen molar-refractivity contribution in [1.82, 2.24) is 4.90 Å². The molecule has 0 bridgehead atoms. The van der Waals surface area contributed by atoms with Gasteiger partial charge in [0.25, 0.3) is 0 Å². The molecular formula is C17H24N2OS. The van der Waals surface area contributed by atoms with Gasteiger partial charge in [0.05, 0.1) is 6.42 Å². The molecule has 0 unspecified atom stereocenters. The summed E-state index contributed by atoms with van der Waals surface area (Å²) in [5, 5.41) is 0. The smallest absolute Gasteiger partial charge is 0.226 e. The number of benzene rings is 1. The normalized spacial score (nSPS) is 16.0. The molecule has 0 aliphatic carbocycles. The third kappa shape index (κ3) is 4.53. The Bertz CT molecular complexity index is 490. The molecule has 1 amide bonds. The maximum Gasteiger partial charge on any atom is 0.226 e. The molecule has 2 rings (SSSR count). The molecule has 0 aromatic heterocycles. The Kier molecular flexibility index (Phi) is 5.74. The quantitative estimate of drug-likeness (QED) is 0.851. The van der Waals surface area contributed by atoms with Gasteiger partial charge >= 0.3 is 0 Å². The first-order chi connectivity index (χ1) is 10.1. The zero-order chi connectivity index (χ0) is 15.2. The SMILES string of the molecule is CCCC1CCN(C(=O)Cc2ccc(C(N)=S)cc2)CC1. The molecule has 4 heteroatoms. The minimum atomic E-state index is 0.230. The van der Waals surface area contributed by atoms with Gasteiger partial charge in [-0.3, -0.25) is 4.79 Å². The van der Waals surface area contributed by atoms with E-state index in [-0.39, 0.29) is 5.91 Å². The molecule has 1 heterocycles. The molecule has 114 valence electrons. The minimum Gasteiger partial charge on any atom is -0.389 e. The largest absolute Gasteiger partial charge is 0.389 e. The van der Waals surface area contributed by atoms with E-state index in [0.717, 1.165) is 43.0 Å². The summed E-state index contributed by atoms with van der Waals surface area (Å²) in [5.74, 6) is 1.04. The molecule has 1 saturated heterocycles. The lowest BCUT2D eigenvalue weighted by Crippen LogP contribution is -2.39. The predicted molar refractivity (Wildman–Crippen MR) is 90.2 cm³/mol. The topological polar surface area (TPSA) is 46.3 Å². The second-order valence-corrected chi connectivity index (χ2v) is 6.29. The zero-order valence-corrected chi connectivity index (χ0v) is 13.5. The van der Waals surface area contributed by atoms with Crippen LogP contribution >= 0.6 is 12.2 Å². The lowest BCUT2D eigenvalue weighted by atomic mass is 9.92. The van der Waals surface area contributed by atoms with Crippen LogP contribution in [0.25, 0.3) is 0 Å². The van der Waals surface area contributed by atoms with E-state index in [1.165, 1.54) is 12.8 Å². The zero-order valence-electron chi connectivity index (χ0n) is 12.7. The maximum absolute atomic E-state index is 12.3. The van der Waals surface area contributed by atoms with Gasteiger partial charge < -0.3 is 10.6 Å². The van der Waals surface area contributed by atoms with E-state index in [2.05, 4.69) is 6.92 Å². The second kappa shape index (κ2) is 7.55. The molecular weight excluding hydrogens is 280 g/mol. The predicted octanol–water partition coefficient (Wildman–Crippen LogP) is 2.90. The van der Waals surface area contributed by atoms with Crippen LogP contribution in [0.5, 0.6) is 0 Å². The van der Waals surface area contributed by atoms with Crippen LogP contribution in [-0.4, -0.2) is 28.9 Å². The molecule has 1 aromatic carbocycles. The average Bonchev–Trinajstić information content (AvgIpc) is 2.49. The minimum absolute atomic E-state index is 0.230. The van der Waals surface area contributed by atoms with Crippen LogP contribution < -0.4 is 5.73 Å². The van der Waals surface area contributed by atoms with Crippen molar-refractivity contribution in [2.45, 2.75) is 39.0 Å². The van der Waals surface area contributed by atoms with Gasteiger partial charge in [-0.25, -0.2) is 0 Å². The standard InChI is InChI=1S/C17H24N2OS/c1-2-3-13-8-10-19(11-9-13)16(20)12-14-4-6-15(7-5-14)17(18)21/h4-7,13H,2-3,8-12H2,1H3,(H2,18,21).